The number of terminal acetylenes is 1. The number of fused-ring (bicyclic) bond motifs is 1. The molecule has 0 aromatic heterocycles. The molecule has 4 aliphatic rings. The van der Waals surface area contributed by atoms with Crippen molar-refractivity contribution in [3.05, 3.63) is 29.3 Å². The van der Waals surface area contributed by atoms with Crippen LogP contribution in [-0.4, -0.2) is 29.5 Å². The average Bonchev–Trinajstić information content (AvgIpc) is 2.60. The van der Waals surface area contributed by atoms with E-state index in [2.05, 4.69) is 25.0 Å². The van der Waals surface area contributed by atoms with E-state index in [1.54, 1.807) is 7.11 Å². The first kappa shape index (κ1) is 17.4. The number of ether oxygens (including phenoxy) is 1. The minimum Gasteiger partial charge on any atom is -0.497 e. The van der Waals surface area contributed by atoms with Crippen molar-refractivity contribution in [2.75, 3.05) is 7.11 Å². The lowest BCUT2D eigenvalue weighted by molar-refractivity contribution is -0.194. The van der Waals surface area contributed by atoms with Crippen LogP contribution in [0, 0.1) is 17.8 Å². The minimum atomic E-state index is -0.173. The molecule has 4 heteroatoms. The van der Waals surface area contributed by atoms with E-state index in [9.17, 15) is 4.79 Å². The summed E-state index contributed by atoms with van der Waals surface area (Å²) in [7, 11) is 1.70. The molecule has 138 valence electrons. The first-order valence-electron chi connectivity index (χ1n) is 9.70. The Balaban J connectivity index is 1.78. The molecule has 0 saturated heterocycles. The number of rotatable bonds is 5. The van der Waals surface area contributed by atoms with Gasteiger partial charge in [0, 0.05) is 17.0 Å². The van der Waals surface area contributed by atoms with E-state index in [0.29, 0.717) is 0 Å². The SMILES string of the molecule is C#CC(=O)N1[C@@H](CCCC)Cc2cc(OC)ccc2[C@@H]1C12CC(N)(C1)C2. The van der Waals surface area contributed by atoms with Crippen molar-refractivity contribution in [2.45, 2.75) is 69.5 Å². The van der Waals surface area contributed by atoms with Crippen molar-refractivity contribution in [1.82, 2.24) is 4.90 Å². The first-order chi connectivity index (χ1) is 12.4. The molecule has 26 heavy (non-hydrogen) atoms. The van der Waals surface area contributed by atoms with Crippen molar-refractivity contribution in [2.24, 2.45) is 11.1 Å². The lowest BCUT2D eigenvalue weighted by atomic mass is 9.36. The van der Waals surface area contributed by atoms with E-state index in [1.807, 2.05) is 11.0 Å². The monoisotopic (exact) mass is 352 g/mol. The number of carbonyl (C=O) groups excluding carboxylic acids is 1. The van der Waals surface area contributed by atoms with E-state index >= 15 is 0 Å². The molecule has 1 aromatic carbocycles. The molecule has 3 saturated carbocycles. The maximum atomic E-state index is 12.8. The van der Waals surface area contributed by atoms with Crippen molar-refractivity contribution in [3.8, 4) is 18.1 Å². The number of hydrogen-bond acceptors (Lipinski definition) is 3. The molecular formula is C22H28N2O2. The Morgan fingerprint density at radius 1 is 1.42 bits per heavy atom. The van der Waals surface area contributed by atoms with Crippen LogP contribution in [0.25, 0.3) is 0 Å². The van der Waals surface area contributed by atoms with Gasteiger partial charge < -0.3 is 15.4 Å². The molecule has 0 radical (unpaired) electrons. The fourth-order valence-corrected chi connectivity index (χ4v) is 5.77. The van der Waals surface area contributed by atoms with Crippen LogP contribution in [0.4, 0.5) is 0 Å². The molecule has 3 aliphatic carbocycles. The molecule has 4 nitrogen and oxygen atoms in total. The van der Waals surface area contributed by atoms with Gasteiger partial charge in [0.1, 0.15) is 5.75 Å². The predicted molar refractivity (Wildman–Crippen MR) is 102 cm³/mol. The topological polar surface area (TPSA) is 55.6 Å². The summed E-state index contributed by atoms with van der Waals surface area (Å²) in [5.41, 5.74) is 8.99. The zero-order valence-corrected chi connectivity index (χ0v) is 15.8. The Bertz CT molecular complexity index is 759. The summed E-state index contributed by atoms with van der Waals surface area (Å²) in [6, 6.07) is 6.48. The maximum Gasteiger partial charge on any atom is 0.299 e. The van der Waals surface area contributed by atoms with Crippen LogP contribution in [0.2, 0.25) is 0 Å². The van der Waals surface area contributed by atoms with Crippen molar-refractivity contribution in [1.29, 1.82) is 0 Å². The van der Waals surface area contributed by atoms with E-state index < -0.39 is 0 Å². The molecular weight excluding hydrogens is 324 g/mol. The summed E-state index contributed by atoms with van der Waals surface area (Å²) in [4.78, 5) is 14.8. The van der Waals surface area contributed by atoms with Gasteiger partial charge in [-0.25, -0.2) is 0 Å². The third-order valence-corrected chi connectivity index (χ3v) is 6.71. The van der Waals surface area contributed by atoms with E-state index in [0.717, 1.165) is 50.7 Å². The van der Waals surface area contributed by atoms with Gasteiger partial charge in [0.05, 0.1) is 13.2 Å². The Hall–Kier alpha value is -1.99. The maximum absolute atomic E-state index is 12.8. The largest absolute Gasteiger partial charge is 0.497 e. The highest BCUT2D eigenvalue weighted by Crippen LogP contribution is 2.73. The van der Waals surface area contributed by atoms with Gasteiger partial charge in [-0.1, -0.05) is 25.8 Å². The summed E-state index contributed by atoms with van der Waals surface area (Å²) in [6.07, 6.45) is 12.6. The van der Waals surface area contributed by atoms with Gasteiger partial charge in [-0.3, -0.25) is 4.79 Å². The standard InChI is InChI=1S/C22H28N2O2/c1-4-6-7-16-10-15-11-17(26-3)8-9-18(15)20(24(16)19(25)5-2)21-12-22(23,13-21)14-21/h2,8-9,11,16,20H,4,6-7,10,12-14,23H2,1,3H3/t16-,20+,21?,22?/m0/s1. The Morgan fingerprint density at radius 2 is 2.15 bits per heavy atom. The van der Waals surface area contributed by atoms with Gasteiger partial charge in [0.25, 0.3) is 5.91 Å². The van der Waals surface area contributed by atoms with Crippen LogP contribution in [-0.2, 0) is 11.2 Å². The molecule has 1 aromatic rings. The van der Waals surface area contributed by atoms with Crippen LogP contribution in [0.15, 0.2) is 18.2 Å². The van der Waals surface area contributed by atoms with Gasteiger partial charge in [-0.2, -0.15) is 0 Å². The summed E-state index contributed by atoms with van der Waals surface area (Å²) >= 11 is 0. The molecule has 1 amide bonds. The quantitative estimate of drug-likeness (QED) is 0.828. The third-order valence-electron chi connectivity index (χ3n) is 6.71. The number of benzene rings is 1. The molecule has 2 bridgehead atoms. The highest BCUT2D eigenvalue weighted by molar-refractivity contribution is 5.93. The molecule has 1 heterocycles. The number of carbonyl (C=O) groups is 1. The van der Waals surface area contributed by atoms with Gasteiger partial charge >= 0.3 is 0 Å². The normalized spacial score (nSPS) is 34.2. The van der Waals surface area contributed by atoms with Gasteiger partial charge in [-0.05, 0) is 61.3 Å². The summed E-state index contributed by atoms with van der Waals surface area (Å²) in [5, 5.41) is 0. The van der Waals surface area contributed by atoms with Gasteiger partial charge in [0.2, 0.25) is 0 Å². The minimum absolute atomic E-state index is 0.00609. The van der Waals surface area contributed by atoms with Crippen molar-refractivity contribution >= 4 is 5.91 Å². The number of hydrogen-bond donors (Lipinski definition) is 1. The molecule has 3 fully saturated rings. The van der Waals surface area contributed by atoms with Crippen LogP contribution in [0.3, 0.4) is 0 Å². The third kappa shape index (κ3) is 2.45. The highest BCUT2D eigenvalue weighted by atomic mass is 16.5. The van der Waals surface area contributed by atoms with E-state index in [1.165, 1.54) is 11.1 Å². The smallest absolute Gasteiger partial charge is 0.299 e. The Labute approximate surface area is 156 Å². The zero-order chi connectivity index (χ0) is 18.5. The van der Waals surface area contributed by atoms with Crippen molar-refractivity contribution < 1.29 is 9.53 Å². The Morgan fingerprint density at radius 3 is 2.73 bits per heavy atom. The van der Waals surface area contributed by atoms with Crippen LogP contribution in [0.5, 0.6) is 5.75 Å². The molecule has 2 atom stereocenters. The van der Waals surface area contributed by atoms with Crippen LogP contribution >= 0.6 is 0 Å². The average molecular weight is 352 g/mol. The summed E-state index contributed by atoms with van der Waals surface area (Å²) < 4.78 is 5.45. The number of nitrogens with two attached hydrogens (primary N) is 1. The first-order valence-corrected chi connectivity index (χ1v) is 9.70. The second kappa shape index (κ2) is 6.03. The lowest BCUT2D eigenvalue weighted by Crippen LogP contribution is -2.76. The van der Waals surface area contributed by atoms with Gasteiger partial charge in [0.15, 0.2) is 0 Å². The zero-order valence-electron chi connectivity index (χ0n) is 15.8. The fourth-order valence-electron chi connectivity index (χ4n) is 5.77. The Kier molecular flexibility index (Phi) is 4.04. The fraction of sp³-hybridized carbons (Fsp3) is 0.591. The molecule has 1 aliphatic heterocycles. The molecule has 0 spiro atoms. The number of unbranched alkanes of at least 4 members (excludes halogenated alkanes) is 1. The van der Waals surface area contributed by atoms with Crippen LogP contribution in [0.1, 0.15) is 62.6 Å². The molecule has 2 N–H and O–H groups in total. The lowest BCUT2D eigenvalue weighted by Gasteiger charge is -2.73. The second-order valence-electron chi connectivity index (χ2n) is 8.58. The second-order valence-corrected chi connectivity index (χ2v) is 8.58. The summed E-state index contributed by atoms with van der Waals surface area (Å²) in [5.74, 6) is 3.11. The number of amides is 1. The molecule has 0 unspecified atom stereocenters. The van der Waals surface area contributed by atoms with Crippen LogP contribution < -0.4 is 10.5 Å². The van der Waals surface area contributed by atoms with E-state index in [-0.39, 0.29) is 28.9 Å². The highest BCUT2D eigenvalue weighted by Gasteiger charge is 2.71. The van der Waals surface area contributed by atoms with Crippen molar-refractivity contribution in [3.63, 3.8) is 0 Å². The van der Waals surface area contributed by atoms with Gasteiger partial charge in [-0.15, -0.1) is 6.42 Å². The number of methoxy groups -OCH3 is 1. The van der Waals surface area contributed by atoms with E-state index in [4.69, 9.17) is 16.9 Å². The predicted octanol–water partition coefficient (Wildman–Crippen LogP) is 3.19. The number of nitrogens with zero attached hydrogens (tertiary/aromatic N) is 1. The molecule has 5 rings (SSSR count). The summed E-state index contributed by atoms with van der Waals surface area (Å²) in [6.45, 7) is 2.18.